The summed E-state index contributed by atoms with van der Waals surface area (Å²) in [5, 5.41) is 7.06. The van der Waals surface area contributed by atoms with Crippen molar-refractivity contribution in [2.45, 2.75) is 19.9 Å². The molecular weight excluding hydrogens is 298 g/mol. The van der Waals surface area contributed by atoms with Gasteiger partial charge < -0.3 is 10.1 Å². The summed E-state index contributed by atoms with van der Waals surface area (Å²) < 4.78 is 8.18. The van der Waals surface area contributed by atoms with E-state index in [-0.39, 0.29) is 0 Å². The van der Waals surface area contributed by atoms with Crippen LogP contribution in [0.2, 0.25) is 0 Å². The monoisotopic (exact) mass is 311 g/mol. The van der Waals surface area contributed by atoms with Crippen molar-refractivity contribution in [2.75, 3.05) is 12.4 Å². The maximum Gasteiger partial charge on any atom is 0.238 e. The van der Waals surface area contributed by atoms with Crippen LogP contribution in [0.4, 0.5) is 5.95 Å². The normalized spacial score (nSPS) is 10.7. The Balaban J connectivity index is 2.22. The fourth-order valence-electron chi connectivity index (χ4n) is 1.31. The molecule has 0 radical (unpaired) electrons. The largest absolute Gasteiger partial charge is 0.434 e. The van der Waals surface area contributed by atoms with E-state index >= 15 is 0 Å². The summed E-state index contributed by atoms with van der Waals surface area (Å²) in [5.74, 6) is 1.60. The molecule has 0 amide bonds. The summed E-state index contributed by atoms with van der Waals surface area (Å²) in [6, 6.07) is 0.295. The fraction of sp³-hybridized carbons (Fsp3) is 0.364. The zero-order valence-corrected chi connectivity index (χ0v) is 12.0. The first kappa shape index (κ1) is 12.8. The second kappa shape index (κ2) is 5.34. The van der Waals surface area contributed by atoms with Gasteiger partial charge in [0, 0.05) is 13.1 Å². The SMILES string of the molecule is CNc1ncc(Br)c(Oc2cnn(C(C)C)c2)n1. The molecule has 2 rings (SSSR count). The fourth-order valence-corrected chi connectivity index (χ4v) is 1.58. The summed E-state index contributed by atoms with van der Waals surface area (Å²) in [5.41, 5.74) is 0. The standard InChI is InChI=1S/C11H14BrN5O/c1-7(2)17-6-8(4-15-17)18-10-9(12)5-14-11(13-3)16-10/h4-7H,1-3H3,(H,13,14,16). The molecule has 0 saturated heterocycles. The Hall–Kier alpha value is -1.63. The second-order valence-corrected chi connectivity index (χ2v) is 4.80. The minimum atomic E-state index is 0.295. The number of nitrogens with zero attached hydrogens (tertiary/aromatic N) is 4. The third kappa shape index (κ3) is 2.79. The molecule has 0 atom stereocenters. The molecule has 0 bridgehead atoms. The highest BCUT2D eigenvalue weighted by Gasteiger charge is 2.09. The number of aromatic nitrogens is 4. The van der Waals surface area contributed by atoms with E-state index in [1.165, 1.54) is 0 Å². The lowest BCUT2D eigenvalue weighted by atomic mass is 10.4. The lowest BCUT2D eigenvalue weighted by Gasteiger charge is -2.06. The van der Waals surface area contributed by atoms with Crippen LogP contribution in [0, 0.1) is 0 Å². The summed E-state index contributed by atoms with van der Waals surface area (Å²) in [6.45, 7) is 4.10. The minimum absolute atomic E-state index is 0.295. The number of nitrogens with one attached hydrogen (secondary N) is 1. The van der Waals surface area contributed by atoms with Gasteiger partial charge in [0.05, 0.1) is 23.1 Å². The Morgan fingerprint density at radius 1 is 1.39 bits per heavy atom. The van der Waals surface area contributed by atoms with Crippen LogP contribution in [0.3, 0.4) is 0 Å². The average molecular weight is 312 g/mol. The predicted octanol–water partition coefficient (Wildman–Crippen LogP) is 2.85. The van der Waals surface area contributed by atoms with Crippen LogP contribution >= 0.6 is 15.9 Å². The first-order chi connectivity index (χ1) is 8.60. The van der Waals surface area contributed by atoms with E-state index in [2.05, 4.69) is 50.2 Å². The number of halogens is 1. The summed E-state index contributed by atoms with van der Waals surface area (Å²) >= 11 is 3.35. The first-order valence-corrected chi connectivity index (χ1v) is 6.31. The maximum atomic E-state index is 5.66. The van der Waals surface area contributed by atoms with Gasteiger partial charge in [-0.3, -0.25) is 4.68 Å². The number of rotatable bonds is 4. The maximum absolute atomic E-state index is 5.66. The molecule has 0 spiro atoms. The zero-order valence-electron chi connectivity index (χ0n) is 10.4. The summed E-state index contributed by atoms with van der Waals surface area (Å²) in [7, 11) is 1.75. The van der Waals surface area contributed by atoms with Crippen molar-refractivity contribution in [1.82, 2.24) is 19.7 Å². The number of ether oxygens (including phenoxy) is 1. The lowest BCUT2D eigenvalue weighted by molar-refractivity contribution is 0.455. The number of hydrogen-bond donors (Lipinski definition) is 1. The molecule has 2 aromatic rings. The van der Waals surface area contributed by atoms with Gasteiger partial charge in [-0.1, -0.05) is 0 Å². The zero-order chi connectivity index (χ0) is 13.1. The quantitative estimate of drug-likeness (QED) is 0.940. The van der Waals surface area contributed by atoms with Gasteiger partial charge in [0.15, 0.2) is 5.75 Å². The van der Waals surface area contributed by atoms with Crippen LogP contribution in [-0.2, 0) is 0 Å². The Bertz CT molecular complexity index is 540. The van der Waals surface area contributed by atoms with Crippen LogP contribution < -0.4 is 10.1 Å². The van der Waals surface area contributed by atoms with Crippen LogP contribution in [0.5, 0.6) is 11.6 Å². The van der Waals surface area contributed by atoms with Crippen molar-refractivity contribution in [3.63, 3.8) is 0 Å². The molecule has 2 aromatic heterocycles. The average Bonchev–Trinajstić information content (AvgIpc) is 2.81. The van der Waals surface area contributed by atoms with Crippen LogP contribution in [0.15, 0.2) is 23.1 Å². The molecule has 0 aliphatic rings. The van der Waals surface area contributed by atoms with Gasteiger partial charge in [0.2, 0.25) is 11.8 Å². The predicted molar refractivity (Wildman–Crippen MR) is 72.0 cm³/mol. The van der Waals surface area contributed by atoms with Gasteiger partial charge in [-0.25, -0.2) is 4.98 Å². The van der Waals surface area contributed by atoms with Crippen LogP contribution in [-0.4, -0.2) is 26.8 Å². The van der Waals surface area contributed by atoms with E-state index in [1.807, 2.05) is 10.9 Å². The smallest absolute Gasteiger partial charge is 0.238 e. The van der Waals surface area contributed by atoms with E-state index in [0.717, 1.165) is 0 Å². The van der Waals surface area contributed by atoms with Crippen molar-refractivity contribution in [3.05, 3.63) is 23.1 Å². The minimum Gasteiger partial charge on any atom is -0.434 e. The first-order valence-electron chi connectivity index (χ1n) is 5.52. The molecule has 0 saturated carbocycles. The van der Waals surface area contributed by atoms with Crippen molar-refractivity contribution >= 4 is 21.9 Å². The molecule has 0 aliphatic heterocycles. The molecule has 0 fully saturated rings. The second-order valence-electron chi connectivity index (χ2n) is 3.95. The number of hydrogen-bond acceptors (Lipinski definition) is 5. The molecule has 1 N–H and O–H groups in total. The Labute approximate surface area is 114 Å². The van der Waals surface area contributed by atoms with Crippen LogP contribution in [0.25, 0.3) is 0 Å². The van der Waals surface area contributed by atoms with E-state index in [0.29, 0.717) is 28.1 Å². The van der Waals surface area contributed by atoms with Gasteiger partial charge in [-0.2, -0.15) is 10.1 Å². The molecule has 2 heterocycles. The topological polar surface area (TPSA) is 64.9 Å². The number of anilines is 1. The van der Waals surface area contributed by atoms with Crippen LogP contribution in [0.1, 0.15) is 19.9 Å². The Kier molecular flexibility index (Phi) is 3.81. The molecule has 96 valence electrons. The van der Waals surface area contributed by atoms with E-state index in [1.54, 1.807) is 19.4 Å². The third-order valence-corrected chi connectivity index (χ3v) is 2.80. The highest BCUT2D eigenvalue weighted by Crippen LogP contribution is 2.27. The van der Waals surface area contributed by atoms with E-state index in [9.17, 15) is 0 Å². The molecule has 0 unspecified atom stereocenters. The molecule has 0 aromatic carbocycles. The molecule has 18 heavy (non-hydrogen) atoms. The lowest BCUT2D eigenvalue weighted by Crippen LogP contribution is -2.00. The van der Waals surface area contributed by atoms with E-state index < -0.39 is 0 Å². The third-order valence-electron chi connectivity index (χ3n) is 2.26. The van der Waals surface area contributed by atoms with Gasteiger partial charge in [-0.15, -0.1) is 0 Å². The van der Waals surface area contributed by atoms with E-state index in [4.69, 9.17) is 4.74 Å². The van der Waals surface area contributed by atoms with Crippen molar-refractivity contribution in [3.8, 4) is 11.6 Å². The highest BCUT2D eigenvalue weighted by molar-refractivity contribution is 9.10. The van der Waals surface area contributed by atoms with Crippen molar-refractivity contribution in [1.29, 1.82) is 0 Å². The van der Waals surface area contributed by atoms with Gasteiger partial charge in [0.1, 0.15) is 0 Å². The highest BCUT2D eigenvalue weighted by atomic mass is 79.9. The molecule has 7 heteroatoms. The molecule has 6 nitrogen and oxygen atoms in total. The van der Waals surface area contributed by atoms with Gasteiger partial charge in [-0.05, 0) is 29.8 Å². The van der Waals surface area contributed by atoms with Crippen molar-refractivity contribution < 1.29 is 4.74 Å². The Morgan fingerprint density at radius 3 is 2.78 bits per heavy atom. The Morgan fingerprint density at radius 2 is 2.17 bits per heavy atom. The van der Waals surface area contributed by atoms with Gasteiger partial charge >= 0.3 is 0 Å². The summed E-state index contributed by atoms with van der Waals surface area (Å²) in [4.78, 5) is 8.27. The summed E-state index contributed by atoms with van der Waals surface area (Å²) in [6.07, 6.45) is 5.13. The van der Waals surface area contributed by atoms with Crippen molar-refractivity contribution in [2.24, 2.45) is 0 Å². The molecular formula is C11H14BrN5O. The van der Waals surface area contributed by atoms with Gasteiger partial charge in [0.25, 0.3) is 0 Å². The molecule has 0 aliphatic carbocycles.